The third kappa shape index (κ3) is 1.88. The number of carbonyl (C=O) groups is 1. The molecule has 2 aliphatic rings. The van der Waals surface area contributed by atoms with Crippen LogP contribution in [-0.4, -0.2) is 35.5 Å². The zero-order valence-corrected chi connectivity index (χ0v) is 9.41. The molecule has 0 heterocycles. The molecule has 0 aliphatic heterocycles. The topological polar surface area (TPSA) is 72.3 Å². The number of rotatable bonds is 3. The molecule has 2 atom stereocenters. The highest BCUT2D eigenvalue weighted by Gasteiger charge is 2.43. The number of nitrogens with two attached hydrogens (primary N) is 2. The van der Waals surface area contributed by atoms with Gasteiger partial charge in [-0.1, -0.05) is 6.42 Å². The van der Waals surface area contributed by atoms with E-state index in [1.165, 1.54) is 19.3 Å². The molecule has 4 N–H and O–H groups in total. The van der Waals surface area contributed by atoms with E-state index in [9.17, 15) is 4.79 Å². The van der Waals surface area contributed by atoms with E-state index >= 15 is 0 Å². The minimum Gasteiger partial charge on any atom is -0.368 e. The molecule has 0 saturated heterocycles. The summed E-state index contributed by atoms with van der Waals surface area (Å²) in [6.45, 7) is 0. The lowest BCUT2D eigenvalue weighted by Gasteiger charge is -2.39. The molecule has 2 unspecified atom stereocenters. The summed E-state index contributed by atoms with van der Waals surface area (Å²) in [6.07, 6.45) is 6.40. The SMILES string of the molecule is CN(C1CCC1)C1CCC(N)(C(N)=O)C1. The van der Waals surface area contributed by atoms with Gasteiger partial charge in [0, 0.05) is 12.1 Å². The average Bonchev–Trinajstić information content (AvgIpc) is 2.46. The quantitative estimate of drug-likeness (QED) is 0.700. The Hall–Kier alpha value is -0.610. The summed E-state index contributed by atoms with van der Waals surface area (Å²) in [7, 11) is 2.15. The molecule has 0 aromatic heterocycles. The van der Waals surface area contributed by atoms with E-state index in [2.05, 4.69) is 11.9 Å². The molecule has 0 aromatic carbocycles. The number of amides is 1. The highest BCUT2D eigenvalue weighted by atomic mass is 16.1. The summed E-state index contributed by atoms with van der Waals surface area (Å²) in [5.41, 5.74) is 10.6. The van der Waals surface area contributed by atoms with Crippen molar-refractivity contribution in [2.45, 2.75) is 56.1 Å². The molecule has 15 heavy (non-hydrogen) atoms. The predicted octanol–water partition coefficient (Wildman–Crippen LogP) is 0.206. The van der Waals surface area contributed by atoms with E-state index in [-0.39, 0.29) is 5.91 Å². The van der Waals surface area contributed by atoms with E-state index < -0.39 is 5.54 Å². The molecular formula is C11H21N3O. The molecule has 0 bridgehead atoms. The average molecular weight is 211 g/mol. The summed E-state index contributed by atoms with van der Waals surface area (Å²) in [4.78, 5) is 13.6. The van der Waals surface area contributed by atoms with Crippen LogP contribution in [0.15, 0.2) is 0 Å². The van der Waals surface area contributed by atoms with Gasteiger partial charge in [-0.2, -0.15) is 0 Å². The highest BCUT2D eigenvalue weighted by Crippen LogP contribution is 2.34. The van der Waals surface area contributed by atoms with Crippen molar-refractivity contribution >= 4 is 5.91 Å². The third-order valence-electron chi connectivity index (χ3n) is 4.24. The summed E-state index contributed by atoms with van der Waals surface area (Å²) >= 11 is 0. The summed E-state index contributed by atoms with van der Waals surface area (Å²) in [5, 5.41) is 0. The molecule has 86 valence electrons. The van der Waals surface area contributed by atoms with Crippen LogP contribution in [0.2, 0.25) is 0 Å². The first-order chi connectivity index (χ1) is 7.03. The predicted molar refractivity (Wildman–Crippen MR) is 59.2 cm³/mol. The second-order valence-corrected chi connectivity index (χ2v) is 5.17. The van der Waals surface area contributed by atoms with Crippen molar-refractivity contribution in [3.05, 3.63) is 0 Å². The second kappa shape index (κ2) is 3.76. The van der Waals surface area contributed by atoms with Crippen LogP contribution < -0.4 is 11.5 Å². The fourth-order valence-electron chi connectivity index (χ4n) is 2.71. The molecule has 0 spiro atoms. The molecule has 2 saturated carbocycles. The van der Waals surface area contributed by atoms with E-state index in [4.69, 9.17) is 11.5 Å². The molecule has 2 aliphatic carbocycles. The minimum absolute atomic E-state index is 0.341. The van der Waals surface area contributed by atoms with Gasteiger partial charge >= 0.3 is 0 Å². The maximum Gasteiger partial charge on any atom is 0.237 e. The van der Waals surface area contributed by atoms with Crippen LogP contribution in [0.5, 0.6) is 0 Å². The summed E-state index contributed by atoms with van der Waals surface area (Å²) in [5.74, 6) is -0.341. The Bertz CT molecular complexity index is 265. The van der Waals surface area contributed by atoms with Gasteiger partial charge in [0.2, 0.25) is 5.91 Å². The van der Waals surface area contributed by atoms with Gasteiger partial charge in [0.05, 0.1) is 5.54 Å². The van der Waals surface area contributed by atoms with Crippen LogP contribution in [0.3, 0.4) is 0 Å². The standard InChI is InChI=1S/C11H21N3O/c1-14(8-3-2-4-8)9-5-6-11(13,7-9)10(12)15/h8-9H,2-7,13H2,1H3,(H2,12,15). The molecule has 1 amide bonds. The van der Waals surface area contributed by atoms with Crippen LogP contribution in [-0.2, 0) is 4.79 Å². The summed E-state index contributed by atoms with van der Waals surface area (Å²) < 4.78 is 0. The Morgan fingerprint density at radius 1 is 1.33 bits per heavy atom. The number of nitrogens with zero attached hydrogens (tertiary/aromatic N) is 1. The van der Waals surface area contributed by atoms with Gasteiger partial charge in [-0.3, -0.25) is 4.79 Å². The number of hydrogen-bond donors (Lipinski definition) is 2. The van der Waals surface area contributed by atoms with Crippen molar-refractivity contribution in [2.24, 2.45) is 11.5 Å². The van der Waals surface area contributed by atoms with Crippen molar-refractivity contribution < 1.29 is 4.79 Å². The lowest BCUT2D eigenvalue weighted by atomic mass is 9.90. The lowest BCUT2D eigenvalue weighted by molar-refractivity contribution is -0.123. The van der Waals surface area contributed by atoms with Crippen LogP contribution in [0.25, 0.3) is 0 Å². The fraction of sp³-hybridized carbons (Fsp3) is 0.909. The molecule has 0 aromatic rings. The zero-order chi connectivity index (χ0) is 11.1. The lowest BCUT2D eigenvalue weighted by Crippen LogP contribution is -2.52. The minimum atomic E-state index is -0.747. The first kappa shape index (κ1) is 10.9. The van der Waals surface area contributed by atoms with Gasteiger partial charge in [-0.15, -0.1) is 0 Å². The van der Waals surface area contributed by atoms with Gasteiger partial charge in [-0.25, -0.2) is 0 Å². The fourth-order valence-corrected chi connectivity index (χ4v) is 2.71. The molecule has 2 rings (SSSR count). The largest absolute Gasteiger partial charge is 0.368 e. The van der Waals surface area contributed by atoms with Crippen molar-refractivity contribution in [1.29, 1.82) is 0 Å². The monoisotopic (exact) mass is 211 g/mol. The van der Waals surface area contributed by atoms with E-state index in [1.54, 1.807) is 0 Å². The molecule has 4 nitrogen and oxygen atoms in total. The zero-order valence-electron chi connectivity index (χ0n) is 9.41. The Morgan fingerprint density at radius 3 is 2.40 bits per heavy atom. The third-order valence-corrected chi connectivity index (χ3v) is 4.24. The van der Waals surface area contributed by atoms with Crippen molar-refractivity contribution in [2.75, 3.05) is 7.05 Å². The maximum atomic E-state index is 11.2. The smallest absolute Gasteiger partial charge is 0.237 e. The molecular weight excluding hydrogens is 190 g/mol. The maximum absolute atomic E-state index is 11.2. The van der Waals surface area contributed by atoms with E-state index in [0.717, 1.165) is 19.3 Å². The van der Waals surface area contributed by atoms with Crippen molar-refractivity contribution in [3.63, 3.8) is 0 Å². The van der Waals surface area contributed by atoms with Gasteiger partial charge in [0.25, 0.3) is 0 Å². The highest BCUT2D eigenvalue weighted by molar-refractivity contribution is 5.84. The van der Waals surface area contributed by atoms with Gasteiger partial charge in [0.15, 0.2) is 0 Å². The van der Waals surface area contributed by atoms with Crippen LogP contribution in [0, 0.1) is 0 Å². The first-order valence-electron chi connectivity index (χ1n) is 5.84. The van der Waals surface area contributed by atoms with E-state index in [1.807, 2.05) is 0 Å². The Labute approximate surface area is 91.0 Å². The Kier molecular flexibility index (Phi) is 2.73. The molecule has 4 heteroatoms. The normalized spacial score (nSPS) is 36.9. The van der Waals surface area contributed by atoms with Crippen molar-refractivity contribution in [3.8, 4) is 0 Å². The van der Waals surface area contributed by atoms with Crippen LogP contribution in [0.4, 0.5) is 0 Å². The summed E-state index contributed by atoms with van der Waals surface area (Å²) in [6, 6.07) is 1.16. The molecule has 0 radical (unpaired) electrons. The van der Waals surface area contributed by atoms with Crippen LogP contribution in [0.1, 0.15) is 38.5 Å². The Balaban J connectivity index is 1.94. The number of carbonyl (C=O) groups excluding carboxylic acids is 1. The van der Waals surface area contributed by atoms with Crippen LogP contribution >= 0.6 is 0 Å². The van der Waals surface area contributed by atoms with E-state index in [0.29, 0.717) is 12.1 Å². The van der Waals surface area contributed by atoms with Gasteiger partial charge in [-0.05, 0) is 39.2 Å². The van der Waals surface area contributed by atoms with Gasteiger partial charge < -0.3 is 16.4 Å². The van der Waals surface area contributed by atoms with Gasteiger partial charge in [0.1, 0.15) is 0 Å². The number of primary amides is 1. The second-order valence-electron chi connectivity index (χ2n) is 5.17. The first-order valence-corrected chi connectivity index (χ1v) is 5.84. The molecule has 2 fully saturated rings. The number of hydrogen-bond acceptors (Lipinski definition) is 3. The Morgan fingerprint density at radius 2 is 2.00 bits per heavy atom. The van der Waals surface area contributed by atoms with Crippen molar-refractivity contribution in [1.82, 2.24) is 4.90 Å².